The van der Waals surface area contributed by atoms with E-state index in [1.807, 2.05) is 11.3 Å². The Morgan fingerprint density at radius 1 is 1.43 bits per heavy atom. The summed E-state index contributed by atoms with van der Waals surface area (Å²) >= 11 is 1.91. The maximum Gasteiger partial charge on any atom is 0.185 e. The summed E-state index contributed by atoms with van der Waals surface area (Å²) in [6.07, 6.45) is 5.18. The van der Waals surface area contributed by atoms with Gasteiger partial charge < -0.3 is 10.2 Å². The Bertz CT molecular complexity index is 428. The van der Waals surface area contributed by atoms with Crippen molar-refractivity contribution in [2.45, 2.75) is 65.8 Å². The van der Waals surface area contributed by atoms with Gasteiger partial charge in [0.15, 0.2) is 5.13 Å². The van der Waals surface area contributed by atoms with E-state index in [1.165, 1.54) is 54.5 Å². The highest BCUT2D eigenvalue weighted by Crippen LogP contribution is 2.32. The maximum absolute atomic E-state index is 4.97. The van der Waals surface area contributed by atoms with Crippen LogP contribution in [0.2, 0.25) is 0 Å². The number of nitrogens with one attached hydrogen (secondary N) is 1. The van der Waals surface area contributed by atoms with Crippen molar-refractivity contribution >= 4 is 16.5 Å². The standard InChI is InChI=1S/C17H31N3S/c1-5-6-9-18-11-15-16(13(2)3)19-17(21-15)20-10-7-8-14(4)12-20/h13-14,18H,5-12H2,1-4H3. The zero-order valence-corrected chi connectivity index (χ0v) is 14.9. The Morgan fingerprint density at radius 3 is 2.90 bits per heavy atom. The number of hydrogen-bond donors (Lipinski definition) is 1. The molecule has 1 N–H and O–H groups in total. The van der Waals surface area contributed by atoms with Gasteiger partial charge in [0.05, 0.1) is 5.69 Å². The van der Waals surface area contributed by atoms with Crippen LogP contribution in [0.1, 0.15) is 69.9 Å². The second-order valence-corrected chi connectivity index (χ2v) is 7.75. The molecule has 0 aromatic carbocycles. The molecule has 1 saturated heterocycles. The molecule has 0 spiro atoms. The third-order valence-electron chi connectivity index (χ3n) is 4.18. The highest BCUT2D eigenvalue weighted by molar-refractivity contribution is 7.15. The average Bonchev–Trinajstić information content (AvgIpc) is 2.88. The molecule has 120 valence electrons. The fourth-order valence-electron chi connectivity index (χ4n) is 2.93. The molecular weight excluding hydrogens is 278 g/mol. The molecule has 21 heavy (non-hydrogen) atoms. The quantitative estimate of drug-likeness (QED) is 0.757. The number of unbranched alkanes of at least 4 members (excludes halogenated alkanes) is 1. The predicted molar refractivity (Wildman–Crippen MR) is 93.4 cm³/mol. The Kier molecular flexibility index (Phi) is 6.49. The van der Waals surface area contributed by atoms with Crippen LogP contribution in [0.4, 0.5) is 5.13 Å². The van der Waals surface area contributed by atoms with E-state index in [0.29, 0.717) is 5.92 Å². The molecule has 0 saturated carbocycles. The summed E-state index contributed by atoms with van der Waals surface area (Å²) in [4.78, 5) is 8.91. The minimum Gasteiger partial charge on any atom is -0.348 e. The molecule has 2 rings (SSSR count). The van der Waals surface area contributed by atoms with E-state index in [2.05, 4.69) is 37.9 Å². The zero-order valence-electron chi connectivity index (χ0n) is 14.1. The molecule has 1 atom stereocenters. The molecular formula is C17H31N3S. The molecule has 1 aromatic heterocycles. The molecule has 1 fully saturated rings. The summed E-state index contributed by atoms with van der Waals surface area (Å²) in [6, 6.07) is 0. The van der Waals surface area contributed by atoms with Crippen LogP contribution in [0, 0.1) is 5.92 Å². The van der Waals surface area contributed by atoms with E-state index in [1.54, 1.807) is 0 Å². The second kappa shape index (κ2) is 8.14. The van der Waals surface area contributed by atoms with Gasteiger partial charge in [0, 0.05) is 24.5 Å². The number of thiazole rings is 1. The molecule has 1 aliphatic heterocycles. The lowest BCUT2D eigenvalue weighted by atomic mass is 10.0. The van der Waals surface area contributed by atoms with Crippen molar-refractivity contribution in [1.82, 2.24) is 10.3 Å². The lowest BCUT2D eigenvalue weighted by Gasteiger charge is -2.30. The molecule has 1 aliphatic rings. The minimum absolute atomic E-state index is 0.514. The van der Waals surface area contributed by atoms with Crippen LogP contribution in [-0.4, -0.2) is 24.6 Å². The van der Waals surface area contributed by atoms with Gasteiger partial charge in [-0.05, 0) is 37.6 Å². The first-order valence-electron chi connectivity index (χ1n) is 8.57. The number of hydrogen-bond acceptors (Lipinski definition) is 4. The highest BCUT2D eigenvalue weighted by atomic mass is 32.1. The van der Waals surface area contributed by atoms with Crippen molar-refractivity contribution in [3.05, 3.63) is 10.6 Å². The van der Waals surface area contributed by atoms with E-state index in [9.17, 15) is 0 Å². The lowest BCUT2D eigenvalue weighted by molar-refractivity contribution is 0.446. The molecule has 1 unspecified atom stereocenters. The van der Waals surface area contributed by atoms with E-state index >= 15 is 0 Å². The molecule has 1 aromatic rings. The third-order valence-corrected chi connectivity index (χ3v) is 5.32. The fraction of sp³-hybridized carbons (Fsp3) is 0.824. The van der Waals surface area contributed by atoms with Gasteiger partial charge in [-0.3, -0.25) is 0 Å². The summed E-state index contributed by atoms with van der Waals surface area (Å²) in [6.45, 7) is 13.6. The largest absolute Gasteiger partial charge is 0.348 e. The molecule has 0 radical (unpaired) electrons. The van der Waals surface area contributed by atoms with Crippen LogP contribution in [-0.2, 0) is 6.54 Å². The van der Waals surface area contributed by atoms with Crippen molar-refractivity contribution < 1.29 is 0 Å². The van der Waals surface area contributed by atoms with Crippen LogP contribution in [0.3, 0.4) is 0 Å². The van der Waals surface area contributed by atoms with Crippen LogP contribution in [0.5, 0.6) is 0 Å². The topological polar surface area (TPSA) is 28.2 Å². The highest BCUT2D eigenvalue weighted by Gasteiger charge is 2.22. The maximum atomic E-state index is 4.97. The van der Waals surface area contributed by atoms with E-state index in [-0.39, 0.29) is 0 Å². The first-order valence-corrected chi connectivity index (χ1v) is 9.38. The SMILES string of the molecule is CCCCNCc1sc(N2CCCC(C)C2)nc1C(C)C. The van der Waals surface area contributed by atoms with E-state index in [4.69, 9.17) is 4.98 Å². The summed E-state index contributed by atoms with van der Waals surface area (Å²) in [7, 11) is 0. The van der Waals surface area contributed by atoms with Crippen molar-refractivity contribution in [2.24, 2.45) is 5.92 Å². The monoisotopic (exact) mass is 309 g/mol. The van der Waals surface area contributed by atoms with Gasteiger partial charge in [0.25, 0.3) is 0 Å². The first kappa shape index (κ1) is 16.8. The van der Waals surface area contributed by atoms with Gasteiger partial charge in [-0.1, -0.05) is 34.1 Å². The number of piperidine rings is 1. The Morgan fingerprint density at radius 2 is 2.24 bits per heavy atom. The Hall–Kier alpha value is -0.610. The van der Waals surface area contributed by atoms with Gasteiger partial charge >= 0.3 is 0 Å². The van der Waals surface area contributed by atoms with Crippen LogP contribution in [0.25, 0.3) is 0 Å². The third kappa shape index (κ3) is 4.68. The van der Waals surface area contributed by atoms with Crippen molar-refractivity contribution in [3.63, 3.8) is 0 Å². The van der Waals surface area contributed by atoms with Gasteiger partial charge in [0.1, 0.15) is 0 Å². The van der Waals surface area contributed by atoms with Crippen LogP contribution < -0.4 is 10.2 Å². The Balaban J connectivity index is 2.05. The summed E-state index contributed by atoms with van der Waals surface area (Å²) in [5.41, 5.74) is 1.30. The predicted octanol–water partition coefficient (Wildman–Crippen LogP) is 4.39. The van der Waals surface area contributed by atoms with Gasteiger partial charge in [0.2, 0.25) is 0 Å². The smallest absolute Gasteiger partial charge is 0.185 e. The van der Waals surface area contributed by atoms with E-state index < -0.39 is 0 Å². The molecule has 3 nitrogen and oxygen atoms in total. The van der Waals surface area contributed by atoms with Gasteiger partial charge in [-0.2, -0.15) is 0 Å². The van der Waals surface area contributed by atoms with Crippen LogP contribution >= 0.6 is 11.3 Å². The van der Waals surface area contributed by atoms with Crippen molar-refractivity contribution in [2.75, 3.05) is 24.5 Å². The first-order chi connectivity index (χ1) is 10.1. The zero-order chi connectivity index (χ0) is 15.2. The average molecular weight is 310 g/mol. The molecule has 0 amide bonds. The normalized spacial score (nSPS) is 19.5. The van der Waals surface area contributed by atoms with Crippen molar-refractivity contribution in [3.8, 4) is 0 Å². The summed E-state index contributed by atoms with van der Waals surface area (Å²) in [5.74, 6) is 1.32. The molecule has 2 heterocycles. The number of anilines is 1. The number of rotatable bonds is 7. The molecule has 4 heteroatoms. The fourth-order valence-corrected chi connectivity index (χ4v) is 4.15. The van der Waals surface area contributed by atoms with Gasteiger partial charge in [-0.25, -0.2) is 4.98 Å². The number of nitrogens with zero attached hydrogens (tertiary/aromatic N) is 2. The summed E-state index contributed by atoms with van der Waals surface area (Å²) in [5, 5.41) is 4.82. The van der Waals surface area contributed by atoms with Gasteiger partial charge in [-0.15, -0.1) is 11.3 Å². The second-order valence-electron chi connectivity index (χ2n) is 6.68. The van der Waals surface area contributed by atoms with Crippen molar-refractivity contribution in [1.29, 1.82) is 0 Å². The van der Waals surface area contributed by atoms with E-state index in [0.717, 1.165) is 19.0 Å². The van der Waals surface area contributed by atoms with Crippen LogP contribution in [0.15, 0.2) is 0 Å². The Labute approximate surface area is 134 Å². The number of aromatic nitrogens is 1. The summed E-state index contributed by atoms with van der Waals surface area (Å²) < 4.78 is 0. The molecule has 0 bridgehead atoms. The lowest BCUT2D eigenvalue weighted by Crippen LogP contribution is -2.34. The minimum atomic E-state index is 0.514. The molecule has 0 aliphatic carbocycles.